The van der Waals surface area contributed by atoms with Crippen molar-refractivity contribution in [2.45, 2.75) is 13.1 Å². The van der Waals surface area contributed by atoms with E-state index < -0.39 is 27.4 Å². The van der Waals surface area contributed by atoms with Crippen LogP contribution >= 0.6 is 23.2 Å². The second kappa shape index (κ2) is 8.28. The van der Waals surface area contributed by atoms with Crippen molar-refractivity contribution in [3.63, 3.8) is 0 Å². The number of nitro groups is 1. The van der Waals surface area contributed by atoms with Crippen LogP contribution in [0, 0.1) is 17.0 Å². The maximum absolute atomic E-state index is 12.8. The van der Waals surface area contributed by atoms with Crippen molar-refractivity contribution in [1.29, 1.82) is 0 Å². The van der Waals surface area contributed by atoms with Gasteiger partial charge in [-0.05, 0) is 30.7 Å². The average molecular weight is 459 g/mol. The number of pyridine rings is 1. The molecule has 3 aromatic rings. The smallest absolute Gasteiger partial charge is 0.334 e. The van der Waals surface area contributed by atoms with E-state index in [0.717, 1.165) is 11.9 Å². The number of aryl methyl sites for hydroxylation is 1. The molecule has 8 nitrogen and oxygen atoms in total. The molecule has 0 aliphatic heterocycles. The molecule has 0 saturated heterocycles. The Morgan fingerprint density at radius 3 is 2.30 bits per heavy atom. The van der Waals surface area contributed by atoms with Crippen LogP contribution in [0.5, 0.6) is 0 Å². The Hall–Kier alpha value is -3.18. The zero-order valence-corrected chi connectivity index (χ0v) is 16.5. The second-order valence-electron chi connectivity index (χ2n) is 5.94. The SMILES string of the molecule is Cc1ccc(Cl)cc1Nc1ncnc(Nc2ncc(C(F)(F)F)cc2Cl)c1[N+](=O)[O-]. The van der Waals surface area contributed by atoms with Gasteiger partial charge in [0.15, 0.2) is 5.82 Å². The van der Waals surface area contributed by atoms with E-state index in [1.807, 2.05) is 0 Å². The van der Waals surface area contributed by atoms with Crippen molar-refractivity contribution in [2.75, 3.05) is 10.6 Å². The van der Waals surface area contributed by atoms with E-state index in [-0.39, 0.29) is 17.5 Å². The fraction of sp³-hybridized carbons (Fsp3) is 0.118. The van der Waals surface area contributed by atoms with Gasteiger partial charge in [-0.2, -0.15) is 13.2 Å². The molecular formula is C17H11Cl2F3N6O2. The third kappa shape index (κ3) is 4.69. The van der Waals surface area contributed by atoms with Crippen LogP contribution in [-0.2, 0) is 6.18 Å². The molecule has 3 rings (SSSR count). The normalized spacial score (nSPS) is 11.3. The van der Waals surface area contributed by atoms with Crippen LogP contribution in [0.4, 0.5) is 42.0 Å². The largest absolute Gasteiger partial charge is 0.417 e. The van der Waals surface area contributed by atoms with Gasteiger partial charge < -0.3 is 10.6 Å². The molecule has 2 aromatic heterocycles. The molecule has 156 valence electrons. The molecule has 0 bridgehead atoms. The number of hydrogen-bond donors (Lipinski definition) is 2. The lowest BCUT2D eigenvalue weighted by Crippen LogP contribution is -2.09. The van der Waals surface area contributed by atoms with E-state index >= 15 is 0 Å². The topological polar surface area (TPSA) is 106 Å². The van der Waals surface area contributed by atoms with Crippen LogP contribution in [0.3, 0.4) is 0 Å². The first-order valence-corrected chi connectivity index (χ1v) is 8.84. The van der Waals surface area contributed by atoms with Gasteiger partial charge in [0.2, 0.25) is 11.6 Å². The molecule has 0 saturated carbocycles. The molecule has 1 aromatic carbocycles. The fourth-order valence-corrected chi connectivity index (χ4v) is 2.77. The van der Waals surface area contributed by atoms with Crippen LogP contribution in [-0.4, -0.2) is 19.9 Å². The van der Waals surface area contributed by atoms with Crippen LogP contribution in [0.2, 0.25) is 10.0 Å². The van der Waals surface area contributed by atoms with E-state index in [1.165, 1.54) is 0 Å². The van der Waals surface area contributed by atoms with Crippen molar-refractivity contribution in [3.8, 4) is 0 Å². The van der Waals surface area contributed by atoms with Crippen LogP contribution in [0.25, 0.3) is 0 Å². The van der Waals surface area contributed by atoms with Gasteiger partial charge in [-0.15, -0.1) is 0 Å². The lowest BCUT2D eigenvalue weighted by molar-refractivity contribution is -0.383. The van der Waals surface area contributed by atoms with Crippen LogP contribution in [0.15, 0.2) is 36.8 Å². The lowest BCUT2D eigenvalue weighted by Gasteiger charge is -2.13. The maximum Gasteiger partial charge on any atom is 0.417 e. The Bertz CT molecular complexity index is 1130. The highest BCUT2D eigenvalue weighted by atomic mass is 35.5. The van der Waals surface area contributed by atoms with Crippen LogP contribution < -0.4 is 10.6 Å². The summed E-state index contributed by atoms with van der Waals surface area (Å²) < 4.78 is 38.3. The highest BCUT2D eigenvalue weighted by Crippen LogP contribution is 2.37. The number of nitrogens with one attached hydrogen (secondary N) is 2. The molecule has 0 aliphatic carbocycles. The van der Waals surface area contributed by atoms with E-state index in [4.69, 9.17) is 23.2 Å². The quantitative estimate of drug-likeness (QED) is 0.361. The number of anilines is 4. The van der Waals surface area contributed by atoms with Gasteiger partial charge in [0.05, 0.1) is 15.5 Å². The van der Waals surface area contributed by atoms with E-state index in [0.29, 0.717) is 23.0 Å². The van der Waals surface area contributed by atoms with Gasteiger partial charge in [0.1, 0.15) is 6.33 Å². The van der Waals surface area contributed by atoms with Crippen LogP contribution in [0.1, 0.15) is 11.1 Å². The monoisotopic (exact) mass is 458 g/mol. The summed E-state index contributed by atoms with van der Waals surface area (Å²) >= 11 is 11.8. The van der Waals surface area contributed by atoms with E-state index in [1.54, 1.807) is 25.1 Å². The van der Waals surface area contributed by atoms with Gasteiger partial charge in [-0.1, -0.05) is 29.3 Å². The predicted octanol–water partition coefficient (Wildman–Crippen LogP) is 5.90. The molecule has 13 heteroatoms. The summed E-state index contributed by atoms with van der Waals surface area (Å²) in [6.07, 6.45) is -3.05. The predicted molar refractivity (Wildman–Crippen MR) is 106 cm³/mol. The first-order valence-electron chi connectivity index (χ1n) is 8.08. The third-order valence-corrected chi connectivity index (χ3v) is 4.39. The minimum atomic E-state index is -4.64. The fourth-order valence-electron chi connectivity index (χ4n) is 2.39. The molecular weight excluding hydrogens is 448 g/mol. The Morgan fingerprint density at radius 2 is 1.70 bits per heavy atom. The first kappa shape index (κ1) is 21.5. The van der Waals surface area contributed by atoms with Crippen molar-refractivity contribution in [1.82, 2.24) is 15.0 Å². The van der Waals surface area contributed by atoms with Crippen molar-refractivity contribution in [3.05, 3.63) is 68.1 Å². The minimum Gasteiger partial charge on any atom is -0.334 e. The summed E-state index contributed by atoms with van der Waals surface area (Å²) in [7, 11) is 0. The summed E-state index contributed by atoms with van der Waals surface area (Å²) in [6.45, 7) is 1.76. The highest BCUT2D eigenvalue weighted by molar-refractivity contribution is 6.33. The molecule has 0 radical (unpaired) electrons. The third-order valence-electron chi connectivity index (χ3n) is 3.86. The lowest BCUT2D eigenvalue weighted by atomic mass is 10.2. The molecule has 0 amide bonds. The standard InChI is InChI=1S/C17H11Cl2F3N6O2/c1-8-2-3-10(18)5-12(8)26-15-13(28(29)30)16(25-7-24-15)27-14-11(19)4-9(6-23-14)17(20,21)22/h2-7H,1H3,(H2,23,24,25,26,27). The number of alkyl halides is 3. The first-order chi connectivity index (χ1) is 14.1. The number of rotatable bonds is 5. The van der Waals surface area contributed by atoms with Crippen molar-refractivity contribution in [2.24, 2.45) is 0 Å². The summed E-state index contributed by atoms with van der Waals surface area (Å²) in [5.41, 5.74) is -0.404. The Labute approximate surface area is 177 Å². The number of aromatic nitrogens is 3. The molecule has 30 heavy (non-hydrogen) atoms. The highest BCUT2D eigenvalue weighted by Gasteiger charge is 2.32. The molecule has 2 heterocycles. The number of hydrogen-bond acceptors (Lipinski definition) is 7. The summed E-state index contributed by atoms with van der Waals surface area (Å²) in [4.78, 5) is 22.2. The maximum atomic E-state index is 12.8. The van der Waals surface area contributed by atoms with E-state index in [2.05, 4.69) is 25.6 Å². The van der Waals surface area contributed by atoms with Gasteiger partial charge in [0.25, 0.3) is 0 Å². The van der Waals surface area contributed by atoms with Crippen molar-refractivity contribution < 1.29 is 18.1 Å². The Balaban J connectivity index is 1.99. The van der Waals surface area contributed by atoms with Gasteiger partial charge >= 0.3 is 11.9 Å². The van der Waals surface area contributed by atoms with Crippen molar-refractivity contribution >= 4 is 52.0 Å². The summed E-state index contributed by atoms with van der Waals surface area (Å²) in [5.74, 6) is -0.714. The molecule has 0 spiro atoms. The van der Waals surface area contributed by atoms with Gasteiger partial charge in [0, 0.05) is 16.9 Å². The second-order valence-corrected chi connectivity index (χ2v) is 6.78. The average Bonchev–Trinajstić information content (AvgIpc) is 2.65. The van der Waals surface area contributed by atoms with E-state index in [9.17, 15) is 23.3 Å². The Kier molecular flexibility index (Phi) is 5.94. The Morgan fingerprint density at radius 1 is 1.03 bits per heavy atom. The number of benzene rings is 1. The molecule has 0 unspecified atom stereocenters. The summed E-state index contributed by atoms with van der Waals surface area (Å²) in [5, 5.41) is 17.0. The zero-order chi connectivity index (χ0) is 22.1. The molecule has 0 fully saturated rings. The van der Waals surface area contributed by atoms with Gasteiger partial charge in [-0.3, -0.25) is 10.1 Å². The minimum absolute atomic E-state index is 0.161. The molecule has 0 aliphatic rings. The zero-order valence-electron chi connectivity index (χ0n) is 15.0. The van der Waals surface area contributed by atoms with Gasteiger partial charge in [-0.25, -0.2) is 15.0 Å². The summed E-state index contributed by atoms with van der Waals surface area (Å²) in [6, 6.07) is 5.58. The molecule has 0 atom stereocenters. The number of nitrogens with zero attached hydrogens (tertiary/aromatic N) is 4. The molecule has 2 N–H and O–H groups in total. The number of halogens is 5.